The molecule has 0 bridgehead atoms. The Morgan fingerprint density at radius 2 is 1.71 bits per heavy atom. The van der Waals surface area contributed by atoms with Gasteiger partial charge in [-0.15, -0.1) is 0 Å². The van der Waals surface area contributed by atoms with Crippen molar-refractivity contribution >= 4 is 28.7 Å². The van der Waals surface area contributed by atoms with Crippen LogP contribution in [0.4, 0.5) is 31.5 Å². The molecule has 0 radical (unpaired) electrons. The Morgan fingerprint density at radius 1 is 1.00 bits per heavy atom. The highest BCUT2D eigenvalue weighted by Gasteiger charge is 2.38. The number of rotatable bonds is 5. The van der Waals surface area contributed by atoms with Crippen LogP contribution in [0, 0.1) is 23.5 Å². The number of amides is 1. The molecular formula is C28H32F2N6O2. The molecule has 1 aromatic heterocycles. The van der Waals surface area contributed by atoms with Crippen molar-refractivity contribution in [1.29, 1.82) is 0 Å². The Morgan fingerprint density at radius 3 is 2.34 bits per heavy atom. The molecule has 3 heterocycles. The van der Waals surface area contributed by atoms with Crippen LogP contribution in [0.3, 0.4) is 0 Å². The van der Waals surface area contributed by atoms with Crippen LogP contribution in [-0.2, 0) is 0 Å². The zero-order valence-corrected chi connectivity index (χ0v) is 22.2. The Balaban J connectivity index is 1.56. The quantitative estimate of drug-likeness (QED) is 0.533. The van der Waals surface area contributed by atoms with Gasteiger partial charge in [-0.1, -0.05) is 26.8 Å². The standard InChI is InChI=1S/C28H32F2N6O2/c1-16(2)28-33(4)22-11-9-20(25(26(22)34(28)5)35-14-13-17(3)15-35)31-27(38)21-10-12-23(37)36(32-21)24-18(29)7-6-8-19(24)30/h6-12,16-17,28H,13-15H2,1-5H3,(H,31,38). The first-order valence-electron chi connectivity index (χ1n) is 12.8. The minimum Gasteiger partial charge on any atom is -0.368 e. The number of nitrogens with zero attached hydrogens (tertiary/aromatic N) is 5. The number of anilines is 4. The molecule has 0 spiro atoms. The molecule has 1 saturated heterocycles. The maximum atomic E-state index is 14.4. The monoisotopic (exact) mass is 522 g/mol. The second-order valence-corrected chi connectivity index (χ2v) is 10.5. The normalized spacial score (nSPS) is 18.9. The highest BCUT2D eigenvalue weighted by atomic mass is 19.1. The van der Waals surface area contributed by atoms with Crippen LogP contribution in [-0.4, -0.2) is 49.0 Å². The maximum Gasteiger partial charge on any atom is 0.276 e. The molecule has 2 aliphatic heterocycles. The van der Waals surface area contributed by atoms with Crippen molar-refractivity contribution in [3.05, 3.63) is 70.1 Å². The van der Waals surface area contributed by atoms with Crippen molar-refractivity contribution in [3.8, 4) is 5.69 Å². The van der Waals surface area contributed by atoms with Gasteiger partial charge in [0.05, 0.1) is 22.7 Å². The van der Waals surface area contributed by atoms with Gasteiger partial charge < -0.3 is 20.0 Å². The van der Waals surface area contributed by atoms with Crippen LogP contribution >= 0.6 is 0 Å². The molecule has 1 fully saturated rings. The average molecular weight is 523 g/mol. The third kappa shape index (κ3) is 4.27. The zero-order valence-electron chi connectivity index (χ0n) is 22.2. The van der Waals surface area contributed by atoms with Gasteiger partial charge >= 0.3 is 0 Å². The lowest BCUT2D eigenvalue weighted by Gasteiger charge is -2.32. The fourth-order valence-electron chi connectivity index (χ4n) is 5.76. The first-order valence-corrected chi connectivity index (χ1v) is 12.8. The summed E-state index contributed by atoms with van der Waals surface area (Å²) in [6.07, 6.45) is 1.21. The number of aromatic nitrogens is 2. The summed E-state index contributed by atoms with van der Waals surface area (Å²) in [5.41, 5.74) is 2.17. The molecule has 200 valence electrons. The van der Waals surface area contributed by atoms with E-state index in [4.69, 9.17) is 0 Å². The minimum absolute atomic E-state index is 0.140. The SMILES string of the molecule is CC1CCN(c2c(NC(=O)c3ccc(=O)n(-c4c(F)cccc4F)n3)ccc3c2N(C)C(C(C)C)N3C)C1. The van der Waals surface area contributed by atoms with E-state index in [2.05, 4.69) is 60.0 Å². The number of hydrogen-bond acceptors (Lipinski definition) is 6. The first-order chi connectivity index (χ1) is 18.1. The Labute approximate surface area is 220 Å². The van der Waals surface area contributed by atoms with Gasteiger partial charge in [0.1, 0.15) is 17.5 Å². The van der Waals surface area contributed by atoms with E-state index in [0.717, 1.165) is 54.8 Å². The highest BCUT2D eigenvalue weighted by molar-refractivity contribution is 6.07. The van der Waals surface area contributed by atoms with E-state index in [1.54, 1.807) is 0 Å². The van der Waals surface area contributed by atoms with Crippen molar-refractivity contribution < 1.29 is 13.6 Å². The molecule has 38 heavy (non-hydrogen) atoms. The lowest BCUT2D eigenvalue weighted by Crippen LogP contribution is -2.43. The van der Waals surface area contributed by atoms with Gasteiger partial charge in [0.25, 0.3) is 11.5 Å². The van der Waals surface area contributed by atoms with Crippen LogP contribution in [0.5, 0.6) is 0 Å². The predicted molar refractivity (Wildman–Crippen MR) is 146 cm³/mol. The number of para-hydroxylation sites is 1. The minimum atomic E-state index is -0.951. The predicted octanol–water partition coefficient (Wildman–Crippen LogP) is 4.48. The summed E-state index contributed by atoms with van der Waals surface area (Å²) in [5, 5.41) is 6.98. The van der Waals surface area contributed by atoms with Gasteiger partial charge in [0.2, 0.25) is 0 Å². The molecular weight excluding hydrogens is 490 g/mol. The third-order valence-corrected chi connectivity index (χ3v) is 7.42. The Kier molecular flexibility index (Phi) is 6.58. The zero-order chi connectivity index (χ0) is 27.3. The molecule has 2 atom stereocenters. The van der Waals surface area contributed by atoms with E-state index < -0.39 is 28.8 Å². The van der Waals surface area contributed by atoms with Crippen LogP contribution in [0.1, 0.15) is 37.7 Å². The molecule has 5 rings (SSSR count). The molecule has 8 nitrogen and oxygen atoms in total. The number of fused-ring (bicyclic) bond motifs is 1. The van der Waals surface area contributed by atoms with E-state index in [9.17, 15) is 18.4 Å². The van der Waals surface area contributed by atoms with Crippen LogP contribution in [0.25, 0.3) is 5.69 Å². The van der Waals surface area contributed by atoms with Crippen molar-refractivity contribution in [2.45, 2.75) is 33.4 Å². The second kappa shape index (κ2) is 9.74. The van der Waals surface area contributed by atoms with Gasteiger partial charge in [-0.3, -0.25) is 9.59 Å². The lowest BCUT2D eigenvalue weighted by molar-refractivity contribution is 0.102. The van der Waals surface area contributed by atoms with Crippen molar-refractivity contribution in [2.75, 3.05) is 47.2 Å². The van der Waals surface area contributed by atoms with Gasteiger partial charge in [0, 0.05) is 33.3 Å². The summed E-state index contributed by atoms with van der Waals surface area (Å²) in [4.78, 5) is 32.6. The van der Waals surface area contributed by atoms with Gasteiger partial charge in [-0.25, -0.2) is 8.78 Å². The molecule has 2 aromatic carbocycles. The number of nitrogens with one attached hydrogen (secondary N) is 1. The molecule has 3 aromatic rings. The number of hydrogen-bond donors (Lipinski definition) is 1. The van der Waals surface area contributed by atoms with E-state index in [0.29, 0.717) is 22.2 Å². The van der Waals surface area contributed by atoms with E-state index in [-0.39, 0.29) is 11.9 Å². The van der Waals surface area contributed by atoms with E-state index in [1.165, 1.54) is 12.1 Å². The van der Waals surface area contributed by atoms with Crippen LogP contribution < -0.4 is 25.6 Å². The summed E-state index contributed by atoms with van der Waals surface area (Å²) in [5.74, 6) is -1.61. The van der Waals surface area contributed by atoms with E-state index in [1.807, 2.05) is 12.1 Å². The summed E-state index contributed by atoms with van der Waals surface area (Å²) < 4.78 is 29.3. The summed E-state index contributed by atoms with van der Waals surface area (Å²) >= 11 is 0. The molecule has 1 amide bonds. The number of carbonyl (C=O) groups is 1. The second-order valence-electron chi connectivity index (χ2n) is 10.5. The molecule has 2 unspecified atom stereocenters. The van der Waals surface area contributed by atoms with Crippen LogP contribution in [0.15, 0.2) is 47.3 Å². The van der Waals surface area contributed by atoms with Crippen molar-refractivity contribution in [2.24, 2.45) is 11.8 Å². The highest BCUT2D eigenvalue weighted by Crippen LogP contribution is 2.50. The number of carbonyl (C=O) groups excluding carboxylic acids is 1. The summed E-state index contributed by atoms with van der Waals surface area (Å²) in [6.45, 7) is 8.30. The topological polar surface area (TPSA) is 73.7 Å². The van der Waals surface area contributed by atoms with Crippen molar-refractivity contribution in [3.63, 3.8) is 0 Å². The van der Waals surface area contributed by atoms with Crippen molar-refractivity contribution in [1.82, 2.24) is 9.78 Å². The fourth-order valence-corrected chi connectivity index (χ4v) is 5.76. The largest absolute Gasteiger partial charge is 0.368 e. The van der Waals surface area contributed by atoms with Crippen LogP contribution in [0.2, 0.25) is 0 Å². The summed E-state index contributed by atoms with van der Waals surface area (Å²) in [6, 6.07) is 9.48. The van der Waals surface area contributed by atoms with Gasteiger partial charge in [-0.2, -0.15) is 9.78 Å². The average Bonchev–Trinajstić information content (AvgIpc) is 3.40. The summed E-state index contributed by atoms with van der Waals surface area (Å²) in [7, 11) is 4.15. The van der Waals surface area contributed by atoms with E-state index >= 15 is 0 Å². The lowest BCUT2D eigenvalue weighted by atomic mass is 10.1. The molecule has 0 aliphatic carbocycles. The molecule has 10 heteroatoms. The Bertz CT molecular complexity index is 1440. The number of halogens is 2. The third-order valence-electron chi connectivity index (χ3n) is 7.42. The first kappa shape index (κ1) is 25.7. The molecule has 0 saturated carbocycles. The molecule has 1 N–H and O–H groups in total. The van der Waals surface area contributed by atoms with Gasteiger partial charge in [0.15, 0.2) is 11.6 Å². The fraction of sp³-hybridized carbons (Fsp3) is 0.393. The smallest absolute Gasteiger partial charge is 0.276 e. The Hall–Kier alpha value is -3.95. The number of benzene rings is 2. The maximum absolute atomic E-state index is 14.4. The molecule has 2 aliphatic rings. The van der Waals surface area contributed by atoms with Gasteiger partial charge in [-0.05, 0) is 48.6 Å².